The zero-order valence-electron chi connectivity index (χ0n) is 16.7. The minimum absolute atomic E-state index is 0.0205. The number of hydrogen-bond acceptors (Lipinski definition) is 5. The van der Waals surface area contributed by atoms with Crippen LogP contribution in [0.1, 0.15) is 10.4 Å². The summed E-state index contributed by atoms with van der Waals surface area (Å²) in [6.07, 6.45) is 1.08. The van der Waals surface area contributed by atoms with Gasteiger partial charge in [-0.25, -0.2) is 17.8 Å². The number of ether oxygens (including phenoxy) is 1. The summed E-state index contributed by atoms with van der Waals surface area (Å²) in [5.74, 6) is -1.00. The van der Waals surface area contributed by atoms with E-state index in [1.165, 1.54) is 30.3 Å². The SMILES string of the molecule is CS(=O)(=O)c1cccc(NC(=O)c2cc3ccccc3nc2Oc2ccc(F)cc2Cl)c1. The lowest BCUT2D eigenvalue weighted by Crippen LogP contribution is -2.14. The van der Waals surface area contributed by atoms with Crippen LogP contribution in [0.2, 0.25) is 5.02 Å². The molecule has 1 amide bonds. The lowest BCUT2D eigenvalue weighted by molar-refractivity contribution is 0.102. The molecular weight excluding hydrogens is 455 g/mol. The number of amides is 1. The van der Waals surface area contributed by atoms with Crippen LogP contribution >= 0.6 is 11.6 Å². The molecule has 0 aliphatic heterocycles. The third-order valence-electron chi connectivity index (χ3n) is 4.55. The number of aromatic nitrogens is 1. The second-order valence-corrected chi connectivity index (χ2v) is 9.39. The Morgan fingerprint density at radius 2 is 1.81 bits per heavy atom. The maximum Gasteiger partial charge on any atom is 0.261 e. The van der Waals surface area contributed by atoms with Gasteiger partial charge in [0.25, 0.3) is 5.91 Å². The van der Waals surface area contributed by atoms with E-state index in [1.54, 1.807) is 36.4 Å². The molecule has 0 bridgehead atoms. The van der Waals surface area contributed by atoms with Crippen LogP contribution in [-0.4, -0.2) is 25.6 Å². The number of rotatable bonds is 5. The molecule has 1 N–H and O–H groups in total. The maximum atomic E-state index is 13.4. The number of anilines is 1. The Hall–Kier alpha value is -3.49. The number of sulfone groups is 1. The summed E-state index contributed by atoms with van der Waals surface area (Å²) in [7, 11) is -3.45. The van der Waals surface area contributed by atoms with E-state index in [1.807, 2.05) is 0 Å². The van der Waals surface area contributed by atoms with Crippen LogP contribution in [0.5, 0.6) is 11.6 Å². The maximum absolute atomic E-state index is 13.4. The fourth-order valence-electron chi connectivity index (χ4n) is 3.00. The fourth-order valence-corrected chi connectivity index (χ4v) is 3.88. The van der Waals surface area contributed by atoms with Crippen molar-refractivity contribution in [3.63, 3.8) is 0 Å². The summed E-state index contributed by atoms with van der Waals surface area (Å²) >= 11 is 6.07. The summed E-state index contributed by atoms with van der Waals surface area (Å²) in [5.41, 5.74) is 0.960. The number of nitrogens with one attached hydrogen (secondary N) is 1. The highest BCUT2D eigenvalue weighted by Crippen LogP contribution is 2.32. The van der Waals surface area contributed by atoms with Gasteiger partial charge in [0, 0.05) is 17.3 Å². The van der Waals surface area contributed by atoms with Crippen LogP contribution in [0.15, 0.2) is 77.7 Å². The highest BCUT2D eigenvalue weighted by Gasteiger charge is 2.19. The number of halogens is 2. The van der Waals surface area contributed by atoms with Gasteiger partial charge < -0.3 is 10.1 Å². The molecule has 0 unspecified atom stereocenters. The summed E-state index contributed by atoms with van der Waals surface area (Å²) in [5, 5.41) is 3.38. The van der Waals surface area contributed by atoms with Crippen molar-refractivity contribution < 1.29 is 22.3 Å². The van der Waals surface area contributed by atoms with E-state index in [9.17, 15) is 17.6 Å². The highest BCUT2D eigenvalue weighted by atomic mass is 35.5. The zero-order chi connectivity index (χ0) is 22.9. The lowest BCUT2D eigenvalue weighted by atomic mass is 10.1. The first kappa shape index (κ1) is 21.7. The molecule has 0 atom stereocenters. The Morgan fingerprint density at radius 3 is 2.56 bits per heavy atom. The summed E-state index contributed by atoms with van der Waals surface area (Å²) < 4.78 is 42.8. The first-order chi connectivity index (χ1) is 15.2. The van der Waals surface area contributed by atoms with Gasteiger partial charge in [-0.2, -0.15) is 0 Å². The minimum Gasteiger partial charge on any atom is -0.437 e. The first-order valence-corrected chi connectivity index (χ1v) is 11.6. The smallest absolute Gasteiger partial charge is 0.261 e. The van der Waals surface area contributed by atoms with Crippen LogP contribution in [0.4, 0.5) is 10.1 Å². The number of hydrogen-bond donors (Lipinski definition) is 1. The Morgan fingerprint density at radius 1 is 1.03 bits per heavy atom. The molecule has 6 nitrogen and oxygen atoms in total. The quantitative estimate of drug-likeness (QED) is 0.417. The molecule has 0 aliphatic carbocycles. The molecule has 162 valence electrons. The molecular formula is C23H16ClFN2O4S. The van der Waals surface area contributed by atoms with Crippen molar-refractivity contribution in [2.75, 3.05) is 11.6 Å². The van der Waals surface area contributed by atoms with E-state index in [2.05, 4.69) is 10.3 Å². The van der Waals surface area contributed by atoms with Crippen LogP contribution < -0.4 is 10.1 Å². The van der Waals surface area contributed by atoms with E-state index in [4.69, 9.17) is 16.3 Å². The van der Waals surface area contributed by atoms with Gasteiger partial charge in [0.1, 0.15) is 17.1 Å². The number of benzene rings is 3. The largest absolute Gasteiger partial charge is 0.437 e. The number of para-hydroxylation sites is 1. The summed E-state index contributed by atoms with van der Waals surface area (Å²) in [6.45, 7) is 0. The van der Waals surface area contributed by atoms with Gasteiger partial charge in [0.15, 0.2) is 9.84 Å². The van der Waals surface area contributed by atoms with Crippen molar-refractivity contribution in [1.29, 1.82) is 0 Å². The second kappa shape index (κ2) is 8.57. The fraction of sp³-hybridized carbons (Fsp3) is 0.0435. The monoisotopic (exact) mass is 470 g/mol. The van der Waals surface area contributed by atoms with Gasteiger partial charge in [0.05, 0.1) is 15.4 Å². The second-order valence-electron chi connectivity index (χ2n) is 6.96. The first-order valence-electron chi connectivity index (χ1n) is 9.35. The zero-order valence-corrected chi connectivity index (χ0v) is 18.2. The van der Waals surface area contributed by atoms with Crippen molar-refractivity contribution in [1.82, 2.24) is 4.98 Å². The molecule has 0 fully saturated rings. The van der Waals surface area contributed by atoms with Crippen LogP contribution in [0.3, 0.4) is 0 Å². The van der Waals surface area contributed by atoms with Crippen LogP contribution in [0.25, 0.3) is 10.9 Å². The standard InChI is InChI=1S/C23H16ClFN2O4S/c1-32(29,30)17-7-4-6-16(13-17)26-22(28)18-11-14-5-2-3-8-20(14)27-23(18)31-21-10-9-15(25)12-19(21)24/h2-13H,1H3,(H,26,28). The number of carbonyl (C=O) groups excluding carboxylic acids is 1. The predicted octanol–water partition coefficient (Wildman–Crippen LogP) is 5.48. The van der Waals surface area contributed by atoms with Crippen molar-refractivity contribution in [3.8, 4) is 11.6 Å². The molecule has 0 radical (unpaired) electrons. The topological polar surface area (TPSA) is 85.4 Å². The average molecular weight is 471 g/mol. The molecule has 1 aromatic heterocycles. The van der Waals surface area contributed by atoms with Gasteiger partial charge >= 0.3 is 0 Å². The third-order valence-corrected chi connectivity index (χ3v) is 5.96. The van der Waals surface area contributed by atoms with Crippen molar-refractivity contribution in [2.45, 2.75) is 4.90 Å². The molecule has 9 heteroatoms. The number of nitrogens with zero attached hydrogens (tertiary/aromatic N) is 1. The number of pyridine rings is 1. The normalized spacial score (nSPS) is 11.3. The Labute approximate surface area is 188 Å². The molecule has 0 saturated carbocycles. The number of fused-ring (bicyclic) bond motifs is 1. The van der Waals surface area contributed by atoms with Crippen molar-refractivity contribution >= 4 is 43.9 Å². The van der Waals surface area contributed by atoms with Gasteiger partial charge in [-0.1, -0.05) is 35.9 Å². The van der Waals surface area contributed by atoms with Crippen molar-refractivity contribution in [2.24, 2.45) is 0 Å². The molecule has 1 heterocycles. The Kier molecular flexibility index (Phi) is 5.82. The summed E-state index contributed by atoms with van der Waals surface area (Å²) in [6, 6.07) is 18.2. The highest BCUT2D eigenvalue weighted by molar-refractivity contribution is 7.90. The van der Waals surface area contributed by atoms with Gasteiger partial charge in [-0.05, 0) is 48.5 Å². The van der Waals surface area contributed by atoms with E-state index in [0.29, 0.717) is 10.9 Å². The van der Waals surface area contributed by atoms with E-state index in [-0.39, 0.29) is 32.8 Å². The Bertz CT molecular complexity index is 1460. The lowest BCUT2D eigenvalue weighted by Gasteiger charge is -2.13. The molecule has 0 saturated heterocycles. The van der Waals surface area contributed by atoms with E-state index >= 15 is 0 Å². The van der Waals surface area contributed by atoms with E-state index < -0.39 is 21.6 Å². The molecule has 0 aliphatic rings. The summed E-state index contributed by atoms with van der Waals surface area (Å²) in [4.78, 5) is 17.6. The van der Waals surface area contributed by atoms with Gasteiger partial charge in [0.2, 0.25) is 5.88 Å². The minimum atomic E-state index is -3.45. The molecule has 3 aromatic carbocycles. The van der Waals surface area contributed by atoms with Gasteiger partial charge in [-0.15, -0.1) is 0 Å². The predicted molar refractivity (Wildman–Crippen MR) is 121 cm³/mol. The number of carbonyl (C=O) groups is 1. The molecule has 4 aromatic rings. The van der Waals surface area contributed by atoms with E-state index in [0.717, 1.165) is 12.3 Å². The molecule has 4 rings (SSSR count). The van der Waals surface area contributed by atoms with Crippen molar-refractivity contribution in [3.05, 3.63) is 89.2 Å². The average Bonchev–Trinajstić information content (AvgIpc) is 2.75. The molecule has 0 spiro atoms. The Balaban J connectivity index is 1.75. The van der Waals surface area contributed by atoms with Crippen LogP contribution in [-0.2, 0) is 9.84 Å². The third kappa shape index (κ3) is 4.71. The van der Waals surface area contributed by atoms with Gasteiger partial charge in [-0.3, -0.25) is 4.79 Å². The van der Waals surface area contributed by atoms with Crippen LogP contribution in [0, 0.1) is 5.82 Å². The molecule has 32 heavy (non-hydrogen) atoms.